The zero-order chi connectivity index (χ0) is 12.4. The van der Waals surface area contributed by atoms with E-state index < -0.39 is 0 Å². The highest BCUT2D eigenvalue weighted by Gasteiger charge is 2.12. The molecule has 0 aromatic carbocycles. The van der Waals surface area contributed by atoms with Crippen LogP contribution in [0.5, 0.6) is 0 Å². The van der Waals surface area contributed by atoms with E-state index in [4.69, 9.17) is 4.42 Å². The number of hydrogen-bond acceptors (Lipinski definition) is 3. The van der Waals surface area contributed by atoms with Gasteiger partial charge >= 0.3 is 0 Å². The Morgan fingerprint density at radius 2 is 2.18 bits per heavy atom. The predicted octanol–water partition coefficient (Wildman–Crippen LogP) is 2.78. The zero-order valence-corrected chi connectivity index (χ0v) is 10.8. The molecule has 0 saturated carbocycles. The summed E-state index contributed by atoms with van der Waals surface area (Å²) < 4.78 is 5.54. The van der Waals surface area contributed by atoms with Crippen LogP contribution in [0.2, 0.25) is 0 Å². The van der Waals surface area contributed by atoms with Crippen LogP contribution in [0.3, 0.4) is 0 Å². The second-order valence-corrected chi connectivity index (χ2v) is 4.49. The number of H-pyrrole nitrogens is 1. The minimum absolute atomic E-state index is 0.279. The summed E-state index contributed by atoms with van der Waals surface area (Å²) >= 11 is 0. The molecule has 0 aliphatic rings. The first-order valence-electron chi connectivity index (χ1n) is 5.87. The van der Waals surface area contributed by atoms with Crippen molar-refractivity contribution in [2.75, 3.05) is 0 Å². The van der Waals surface area contributed by atoms with Gasteiger partial charge in [-0.25, -0.2) is 0 Å². The van der Waals surface area contributed by atoms with Crippen molar-refractivity contribution in [2.45, 2.75) is 40.3 Å². The van der Waals surface area contributed by atoms with E-state index in [0.29, 0.717) is 0 Å². The Morgan fingerprint density at radius 3 is 2.71 bits per heavy atom. The van der Waals surface area contributed by atoms with E-state index in [1.807, 2.05) is 27.0 Å². The molecule has 1 atom stereocenters. The molecule has 0 spiro atoms. The van der Waals surface area contributed by atoms with Gasteiger partial charge in [0.1, 0.15) is 11.5 Å². The van der Waals surface area contributed by atoms with Gasteiger partial charge in [0.05, 0.1) is 6.20 Å². The molecular weight excluding hydrogens is 214 g/mol. The van der Waals surface area contributed by atoms with Gasteiger partial charge in [-0.3, -0.25) is 5.10 Å². The quantitative estimate of drug-likeness (QED) is 0.853. The lowest BCUT2D eigenvalue weighted by atomic mass is 10.1. The van der Waals surface area contributed by atoms with Crippen molar-refractivity contribution in [1.29, 1.82) is 0 Å². The number of aromatic amines is 1. The third kappa shape index (κ3) is 2.58. The van der Waals surface area contributed by atoms with Crippen LogP contribution in [0, 0.1) is 20.8 Å². The molecule has 0 radical (unpaired) electrons. The Kier molecular flexibility index (Phi) is 3.33. The number of hydrogen-bond donors (Lipinski definition) is 2. The first kappa shape index (κ1) is 11.9. The van der Waals surface area contributed by atoms with Crippen molar-refractivity contribution in [3.63, 3.8) is 0 Å². The third-order valence-electron chi connectivity index (χ3n) is 3.08. The first-order valence-corrected chi connectivity index (χ1v) is 5.87. The largest absolute Gasteiger partial charge is 0.466 e. The molecular formula is C13H19N3O. The van der Waals surface area contributed by atoms with Crippen molar-refractivity contribution < 1.29 is 4.42 Å². The van der Waals surface area contributed by atoms with Crippen molar-refractivity contribution in [1.82, 2.24) is 15.5 Å². The van der Waals surface area contributed by atoms with Crippen molar-refractivity contribution >= 4 is 0 Å². The highest BCUT2D eigenvalue weighted by atomic mass is 16.3. The summed E-state index contributed by atoms with van der Waals surface area (Å²) in [7, 11) is 0. The maximum Gasteiger partial charge on any atom is 0.105 e. The van der Waals surface area contributed by atoms with E-state index in [-0.39, 0.29) is 6.04 Å². The Balaban J connectivity index is 2.00. The topological polar surface area (TPSA) is 53.9 Å². The Bertz CT molecular complexity index is 498. The lowest BCUT2D eigenvalue weighted by Crippen LogP contribution is -2.18. The Hall–Kier alpha value is -1.55. The molecule has 0 saturated heterocycles. The molecule has 0 fully saturated rings. The summed E-state index contributed by atoms with van der Waals surface area (Å²) in [6, 6.07) is 2.37. The molecule has 2 aromatic heterocycles. The number of nitrogens with one attached hydrogen (secondary N) is 2. The van der Waals surface area contributed by atoms with E-state index >= 15 is 0 Å². The molecule has 0 aliphatic heterocycles. The molecule has 0 amide bonds. The molecule has 0 bridgehead atoms. The third-order valence-corrected chi connectivity index (χ3v) is 3.08. The van der Waals surface area contributed by atoms with Crippen LogP contribution >= 0.6 is 0 Å². The maximum atomic E-state index is 5.54. The summed E-state index contributed by atoms with van der Waals surface area (Å²) in [6.45, 7) is 8.97. The van der Waals surface area contributed by atoms with Crippen LogP contribution in [0.1, 0.15) is 41.3 Å². The highest BCUT2D eigenvalue weighted by Crippen LogP contribution is 2.21. The predicted molar refractivity (Wildman–Crippen MR) is 66.8 cm³/mol. The molecule has 17 heavy (non-hydrogen) atoms. The zero-order valence-electron chi connectivity index (χ0n) is 10.8. The lowest BCUT2D eigenvalue weighted by Gasteiger charge is -2.12. The molecule has 4 heteroatoms. The smallest absolute Gasteiger partial charge is 0.105 e. The van der Waals surface area contributed by atoms with Crippen molar-refractivity contribution in [2.24, 2.45) is 0 Å². The minimum Gasteiger partial charge on any atom is -0.466 e. The van der Waals surface area contributed by atoms with Crippen molar-refractivity contribution in [3.05, 3.63) is 40.6 Å². The van der Waals surface area contributed by atoms with E-state index in [9.17, 15) is 0 Å². The molecule has 0 aliphatic carbocycles. The van der Waals surface area contributed by atoms with E-state index in [2.05, 4.69) is 28.5 Å². The van der Waals surface area contributed by atoms with Gasteiger partial charge in [0.15, 0.2) is 0 Å². The highest BCUT2D eigenvalue weighted by molar-refractivity contribution is 5.24. The molecule has 2 N–H and O–H groups in total. The van der Waals surface area contributed by atoms with Crippen LogP contribution < -0.4 is 5.32 Å². The molecule has 92 valence electrons. The summed E-state index contributed by atoms with van der Waals surface area (Å²) in [5, 5.41) is 10.4. The first-order chi connectivity index (χ1) is 8.08. The van der Waals surface area contributed by atoms with Crippen LogP contribution in [-0.2, 0) is 6.54 Å². The standard InChI is InChI=1S/C13H19N3O/c1-8-5-13(11(4)17-8)10(3)14-6-12-7-15-16-9(12)2/h5,7,10,14H,6H2,1-4H3,(H,15,16)/t10-/m0/s1. The normalized spacial score (nSPS) is 12.9. The summed E-state index contributed by atoms with van der Waals surface area (Å²) in [6.07, 6.45) is 1.86. The molecule has 4 nitrogen and oxygen atoms in total. The van der Waals surface area contributed by atoms with Crippen LogP contribution in [0.4, 0.5) is 0 Å². The van der Waals surface area contributed by atoms with Crippen LogP contribution in [0.15, 0.2) is 16.7 Å². The van der Waals surface area contributed by atoms with Crippen LogP contribution in [-0.4, -0.2) is 10.2 Å². The maximum absolute atomic E-state index is 5.54. The van der Waals surface area contributed by atoms with E-state index in [1.54, 1.807) is 0 Å². The SMILES string of the molecule is Cc1cc([C@H](C)NCc2cn[nH]c2C)c(C)o1. The monoisotopic (exact) mass is 233 g/mol. The molecule has 2 rings (SSSR count). The fraction of sp³-hybridized carbons (Fsp3) is 0.462. The fourth-order valence-corrected chi connectivity index (χ4v) is 2.01. The number of furan rings is 1. The Labute approximate surface area is 101 Å². The van der Waals surface area contributed by atoms with Gasteiger partial charge < -0.3 is 9.73 Å². The summed E-state index contributed by atoms with van der Waals surface area (Å²) in [5.74, 6) is 1.96. The number of aromatic nitrogens is 2. The van der Waals surface area contributed by atoms with Gasteiger partial charge in [0, 0.05) is 29.4 Å². The van der Waals surface area contributed by atoms with Crippen LogP contribution in [0.25, 0.3) is 0 Å². The number of rotatable bonds is 4. The molecule has 2 heterocycles. The summed E-state index contributed by atoms with van der Waals surface area (Å²) in [5.41, 5.74) is 3.54. The van der Waals surface area contributed by atoms with Gasteiger partial charge in [-0.2, -0.15) is 5.10 Å². The minimum atomic E-state index is 0.279. The van der Waals surface area contributed by atoms with Gasteiger partial charge in [-0.1, -0.05) is 0 Å². The lowest BCUT2D eigenvalue weighted by molar-refractivity contribution is 0.489. The van der Waals surface area contributed by atoms with E-state index in [0.717, 1.165) is 23.8 Å². The number of nitrogens with zero attached hydrogens (tertiary/aromatic N) is 1. The van der Waals surface area contributed by atoms with Gasteiger partial charge in [0.25, 0.3) is 0 Å². The fourth-order valence-electron chi connectivity index (χ4n) is 2.01. The van der Waals surface area contributed by atoms with E-state index in [1.165, 1.54) is 11.1 Å². The second kappa shape index (κ2) is 4.75. The van der Waals surface area contributed by atoms with Crippen molar-refractivity contribution in [3.8, 4) is 0 Å². The van der Waals surface area contributed by atoms with Gasteiger partial charge in [-0.05, 0) is 33.8 Å². The number of aryl methyl sites for hydroxylation is 3. The van der Waals surface area contributed by atoms with Gasteiger partial charge in [-0.15, -0.1) is 0 Å². The van der Waals surface area contributed by atoms with Gasteiger partial charge in [0.2, 0.25) is 0 Å². The molecule has 2 aromatic rings. The molecule has 0 unspecified atom stereocenters. The average Bonchev–Trinajstić information content (AvgIpc) is 2.81. The average molecular weight is 233 g/mol. The summed E-state index contributed by atoms with van der Waals surface area (Å²) in [4.78, 5) is 0. The second-order valence-electron chi connectivity index (χ2n) is 4.49. The Morgan fingerprint density at radius 1 is 1.41 bits per heavy atom.